The van der Waals surface area contributed by atoms with Gasteiger partial charge in [0.05, 0.1) is 16.9 Å². The molecule has 0 fully saturated rings. The maximum absolute atomic E-state index is 13.1. The molecule has 24 heavy (non-hydrogen) atoms. The fourth-order valence-electron chi connectivity index (χ4n) is 2.65. The summed E-state index contributed by atoms with van der Waals surface area (Å²) in [5.41, 5.74) is 1.45. The van der Waals surface area contributed by atoms with E-state index in [-0.39, 0.29) is 17.4 Å². The fourth-order valence-corrected chi connectivity index (χ4v) is 2.65. The highest BCUT2D eigenvalue weighted by Gasteiger charge is 2.14. The van der Waals surface area contributed by atoms with Crippen LogP contribution in [0.4, 0.5) is 10.3 Å². The summed E-state index contributed by atoms with van der Waals surface area (Å²) in [7, 11) is 3.90. The molecule has 1 atom stereocenters. The minimum atomic E-state index is -0.259. The summed E-state index contributed by atoms with van der Waals surface area (Å²) >= 11 is 0. The summed E-state index contributed by atoms with van der Waals surface area (Å²) < 4.78 is 13.1. The number of likely N-dealkylation sites (N-methyl/N-ethyl adjacent to an activating group) is 1. The third-order valence-corrected chi connectivity index (χ3v) is 3.95. The van der Waals surface area contributed by atoms with Gasteiger partial charge in [-0.1, -0.05) is 24.3 Å². The van der Waals surface area contributed by atoms with Crippen LogP contribution >= 0.6 is 0 Å². The number of aromatic amines is 1. The molecule has 2 N–H and O–H groups in total. The second-order valence-corrected chi connectivity index (χ2v) is 5.84. The number of hydrogen-bond donors (Lipinski definition) is 2. The van der Waals surface area contributed by atoms with Crippen LogP contribution in [0, 0.1) is 5.82 Å². The van der Waals surface area contributed by atoms with Gasteiger partial charge in [-0.3, -0.25) is 9.78 Å². The Hall–Kier alpha value is -2.73. The Kier molecular flexibility index (Phi) is 4.57. The molecule has 1 aromatic heterocycles. The molecule has 0 aliphatic carbocycles. The van der Waals surface area contributed by atoms with E-state index in [0.29, 0.717) is 23.4 Å². The van der Waals surface area contributed by atoms with Crippen molar-refractivity contribution >= 4 is 16.9 Å². The van der Waals surface area contributed by atoms with Gasteiger partial charge in [0, 0.05) is 6.54 Å². The molecule has 0 saturated carbocycles. The zero-order chi connectivity index (χ0) is 17.1. The number of H-pyrrole nitrogens is 1. The average molecular weight is 326 g/mol. The molecule has 0 radical (unpaired) electrons. The highest BCUT2D eigenvalue weighted by atomic mass is 19.1. The van der Waals surface area contributed by atoms with E-state index in [2.05, 4.69) is 15.3 Å². The molecule has 0 saturated heterocycles. The summed E-state index contributed by atoms with van der Waals surface area (Å²) in [6.07, 6.45) is 0. The number of aromatic nitrogens is 2. The Morgan fingerprint density at radius 2 is 1.88 bits per heavy atom. The van der Waals surface area contributed by atoms with E-state index >= 15 is 0 Å². The molecule has 124 valence electrons. The van der Waals surface area contributed by atoms with Crippen molar-refractivity contribution in [2.75, 3.05) is 26.0 Å². The van der Waals surface area contributed by atoms with Gasteiger partial charge < -0.3 is 10.2 Å². The standard InChI is InChI=1S/C18H19FN4O/c1-23(2)16(12-7-9-13(19)10-8-12)11-20-18-21-15-6-4-3-5-14(15)17(24)22-18/h3-10,16H,11H2,1-2H3,(H2,20,21,22,24)/t16-/m0/s1. The number of halogens is 1. The zero-order valence-corrected chi connectivity index (χ0v) is 13.6. The number of benzene rings is 2. The van der Waals surface area contributed by atoms with Gasteiger partial charge in [0.2, 0.25) is 5.95 Å². The van der Waals surface area contributed by atoms with Gasteiger partial charge in [-0.2, -0.15) is 0 Å². The molecule has 1 heterocycles. The minimum absolute atomic E-state index is 0.0161. The molecule has 0 unspecified atom stereocenters. The number of rotatable bonds is 5. The largest absolute Gasteiger partial charge is 0.354 e. The van der Waals surface area contributed by atoms with Crippen molar-refractivity contribution in [2.24, 2.45) is 0 Å². The highest BCUT2D eigenvalue weighted by Crippen LogP contribution is 2.19. The first-order valence-corrected chi connectivity index (χ1v) is 7.69. The summed E-state index contributed by atoms with van der Waals surface area (Å²) in [6.45, 7) is 0.528. The number of nitrogens with one attached hydrogen (secondary N) is 2. The van der Waals surface area contributed by atoms with Crippen molar-refractivity contribution in [3.8, 4) is 0 Å². The molecule has 6 heteroatoms. The van der Waals surface area contributed by atoms with Crippen molar-refractivity contribution in [1.82, 2.24) is 14.9 Å². The number of hydrogen-bond acceptors (Lipinski definition) is 4. The van der Waals surface area contributed by atoms with Crippen molar-refractivity contribution < 1.29 is 4.39 Å². The summed E-state index contributed by atoms with van der Waals surface area (Å²) in [4.78, 5) is 21.3. The predicted molar refractivity (Wildman–Crippen MR) is 93.7 cm³/mol. The Labute approximate surface area is 139 Å². The van der Waals surface area contributed by atoms with E-state index in [4.69, 9.17) is 0 Å². The topological polar surface area (TPSA) is 61.0 Å². The lowest BCUT2D eigenvalue weighted by Crippen LogP contribution is -2.28. The van der Waals surface area contributed by atoms with Crippen LogP contribution in [0.25, 0.3) is 10.9 Å². The SMILES string of the molecule is CN(C)[C@@H](CNc1nc2ccccc2c(=O)[nH]1)c1ccc(F)cc1. The first-order valence-electron chi connectivity index (χ1n) is 7.69. The molecular formula is C18H19FN4O. The lowest BCUT2D eigenvalue weighted by Gasteiger charge is -2.25. The second-order valence-electron chi connectivity index (χ2n) is 5.84. The van der Waals surface area contributed by atoms with Gasteiger partial charge in [0.25, 0.3) is 5.56 Å². The smallest absolute Gasteiger partial charge is 0.260 e. The normalized spacial score (nSPS) is 12.5. The van der Waals surface area contributed by atoms with E-state index < -0.39 is 0 Å². The van der Waals surface area contributed by atoms with Gasteiger partial charge in [-0.05, 0) is 43.9 Å². The molecule has 0 bridgehead atoms. The van der Waals surface area contributed by atoms with Crippen molar-refractivity contribution in [1.29, 1.82) is 0 Å². The first kappa shape index (κ1) is 16.1. The van der Waals surface area contributed by atoms with Crippen LogP contribution in [-0.2, 0) is 0 Å². The lowest BCUT2D eigenvalue weighted by molar-refractivity contribution is 0.311. The third-order valence-electron chi connectivity index (χ3n) is 3.95. The average Bonchev–Trinajstić information content (AvgIpc) is 2.56. The second kappa shape index (κ2) is 6.80. The van der Waals surface area contributed by atoms with Gasteiger partial charge in [-0.15, -0.1) is 0 Å². The van der Waals surface area contributed by atoms with E-state index in [9.17, 15) is 9.18 Å². The maximum atomic E-state index is 13.1. The van der Waals surface area contributed by atoms with Gasteiger partial charge in [0.15, 0.2) is 0 Å². The van der Waals surface area contributed by atoms with Crippen LogP contribution in [-0.4, -0.2) is 35.5 Å². The quantitative estimate of drug-likeness (QED) is 0.757. The van der Waals surface area contributed by atoms with Crippen LogP contribution in [0.3, 0.4) is 0 Å². The third kappa shape index (κ3) is 3.44. The fraction of sp³-hybridized carbons (Fsp3) is 0.222. The highest BCUT2D eigenvalue weighted by molar-refractivity contribution is 5.78. The molecule has 0 aliphatic rings. The molecular weight excluding hydrogens is 307 g/mol. The lowest BCUT2D eigenvalue weighted by atomic mass is 10.1. The van der Waals surface area contributed by atoms with Crippen molar-refractivity contribution in [2.45, 2.75) is 6.04 Å². The molecule has 2 aromatic carbocycles. The van der Waals surface area contributed by atoms with Crippen LogP contribution in [0.15, 0.2) is 53.3 Å². The zero-order valence-electron chi connectivity index (χ0n) is 13.6. The Bertz CT molecular complexity index is 889. The number of anilines is 1. The molecule has 0 spiro atoms. The van der Waals surface area contributed by atoms with E-state index in [1.54, 1.807) is 24.3 Å². The summed E-state index contributed by atoms with van der Waals surface area (Å²) in [5.74, 6) is 0.164. The predicted octanol–water partition coefficient (Wildman–Crippen LogP) is 2.78. The summed E-state index contributed by atoms with van der Waals surface area (Å²) in [5, 5.41) is 3.73. The molecule has 3 aromatic rings. The van der Waals surface area contributed by atoms with Gasteiger partial charge in [0.1, 0.15) is 5.82 Å². The number of nitrogens with zero attached hydrogens (tertiary/aromatic N) is 2. The number of fused-ring (bicyclic) bond motifs is 1. The maximum Gasteiger partial charge on any atom is 0.260 e. The van der Waals surface area contributed by atoms with Crippen LogP contribution in [0.5, 0.6) is 0 Å². The number of para-hydroxylation sites is 1. The Morgan fingerprint density at radius 1 is 1.17 bits per heavy atom. The monoisotopic (exact) mass is 326 g/mol. The van der Waals surface area contributed by atoms with Crippen molar-refractivity contribution in [3.05, 3.63) is 70.3 Å². The van der Waals surface area contributed by atoms with Crippen LogP contribution in [0.1, 0.15) is 11.6 Å². The molecule has 0 aliphatic heterocycles. The molecule has 5 nitrogen and oxygen atoms in total. The molecule has 3 rings (SSSR count). The van der Waals surface area contributed by atoms with Gasteiger partial charge >= 0.3 is 0 Å². The van der Waals surface area contributed by atoms with Crippen LogP contribution < -0.4 is 10.9 Å². The molecule has 0 amide bonds. The van der Waals surface area contributed by atoms with E-state index in [0.717, 1.165) is 5.56 Å². The summed E-state index contributed by atoms with van der Waals surface area (Å²) in [6, 6.07) is 13.6. The van der Waals surface area contributed by atoms with Crippen molar-refractivity contribution in [3.63, 3.8) is 0 Å². The van der Waals surface area contributed by atoms with E-state index in [1.165, 1.54) is 12.1 Å². The Morgan fingerprint density at radius 3 is 2.58 bits per heavy atom. The Balaban J connectivity index is 1.82. The minimum Gasteiger partial charge on any atom is -0.354 e. The van der Waals surface area contributed by atoms with Crippen LogP contribution in [0.2, 0.25) is 0 Å². The van der Waals surface area contributed by atoms with E-state index in [1.807, 2.05) is 31.1 Å². The van der Waals surface area contributed by atoms with Gasteiger partial charge in [-0.25, -0.2) is 9.37 Å². The first-order chi connectivity index (χ1) is 11.5.